The van der Waals surface area contributed by atoms with Gasteiger partial charge in [-0.05, 0) is 37.8 Å². The van der Waals surface area contributed by atoms with Gasteiger partial charge in [0.1, 0.15) is 11.6 Å². The van der Waals surface area contributed by atoms with Gasteiger partial charge in [-0.3, -0.25) is 14.4 Å². The number of hydrogen-bond donors (Lipinski definition) is 2. The summed E-state index contributed by atoms with van der Waals surface area (Å²) in [7, 11) is 0. The van der Waals surface area contributed by atoms with Crippen molar-refractivity contribution in [2.45, 2.75) is 31.7 Å². The molecule has 1 unspecified atom stereocenters. The van der Waals surface area contributed by atoms with Crippen LogP contribution in [-0.2, 0) is 9.59 Å². The second-order valence-corrected chi connectivity index (χ2v) is 6.77. The molecule has 8 heteroatoms. The van der Waals surface area contributed by atoms with Crippen LogP contribution in [0.15, 0.2) is 18.2 Å². The maximum atomic E-state index is 13.6. The number of rotatable bonds is 5. The summed E-state index contributed by atoms with van der Waals surface area (Å²) in [5.41, 5.74) is -0.320. The average molecular weight is 365 g/mol. The Balaban J connectivity index is 1.50. The van der Waals surface area contributed by atoms with Crippen molar-refractivity contribution < 1.29 is 23.2 Å². The molecule has 1 atom stereocenters. The molecule has 0 spiro atoms. The number of nitrogens with one attached hydrogen (secondary N) is 2. The second-order valence-electron chi connectivity index (χ2n) is 6.77. The highest BCUT2D eigenvalue weighted by atomic mass is 19.1. The van der Waals surface area contributed by atoms with E-state index in [1.165, 1.54) is 0 Å². The van der Waals surface area contributed by atoms with Gasteiger partial charge in [0.15, 0.2) is 0 Å². The van der Waals surface area contributed by atoms with Gasteiger partial charge in [-0.2, -0.15) is 0 Å². The molecule has 1 aliphatic heterocycles. The normalized spacial score (nSPS) is 19.8. The van der Waals surface area contributed by atoms with E-state index in [1.54, 1.807) is 4.90 Å². The predicted molar refractivity (Wildman–Crippen MR) is 89.2 cm³/mol. The Morgan fingerprint density at radius 1 is 1.15 bits per heavy atom. The van der Waals surface area contributed by atoms with E-state index < -0.39 is 17.5 Å². The highest BCUT2D eigenvalue weighted by Gasteiger charge is 2.31. The third-order valence-electron chi connectivity index (χ3n) is 4.64. The highest BCUT2D eigenvalue weighted by molar-refractivity contribution is 5.96. The van der Waals surface area contributed by atoms with Gasteiger partial charge in [0.2, 0.25) is 11.8 Å². The third-order valence-corrected chi connectivity index (χ3v) is 4.64. The number of piperidine rings is 1. The Morgan fingerprint density at radius 3 is 2.62 bits per heavy atom. The molecular weight excluding hydrogens is 344 g/mol. The zero-order valence-corrected chi connectivity index (χ0v) is 14.3. The van der Waals surface area contributed by atoms with E-state index >= 15 is 0 Å². The molecule has 1 saturated heterocycles. The van der Waals surface area contributed by atoms with Crippen LogP contribution in [0, 0.1) is 17.6 Å². The molecule has 1 heterocycles. The summed E-state index contributed by atoms with van der Waals surface area (Å²) in [5.74, 6) is -3.13. The lowest BCUT2D eigenvalue weighted by molar-refractivity contribution is -0.134. The van der Waals surface area contributed by atoms with Crippen molar-refractivity contribution in [2.75, 3.05) is 19.6 Å². The minimum atomic E-state index is -0.982. The number of nitrogens with zero attached hydrogens (tertiary/aromatic N) is 1. The van der Waals surface area contributed by atoms with Gasteiger partial charge >= 0.3 is 0 Å². The zero-order chi connectivity index (χ0) is 18.7. The standard InChI is InChI=1S/C18H21F2N3O3/c19-12-3-6-14(15(20)8-12)18(26)21-9-16(24)23-7-1-2-11(10-23)17(25)22-13-4-5-13/h3,6,8,11,13H,1-2,4-5,7,9-10H2,(H,21,26)(H,22,25). The lowest BCUT2D eigenvalue weighted by atomic mass is 9.97. The fraction of sp³-hybridized carbons (Fsp3) is 0.500. The molecule has 140 valence electrons. The lowest BCUT2D eigenvalue weighted by Gasteiger charge is -2.32. The van der Waals surface area contributed by atoms with Gasteiger partial charge in [0, 0.05) is 25.2 Å². The largest absolute Gasteiger partial charge is 0.353 e. The van der Waals surface area contributed by atoms with E-state index in [1.807, 2.05) is 0 Å². The van der Waals surface area contributed by atoms with Crippen LogP contribution in [0.5, 0.6) is 0 Å². The maximum absolute atomic E-state index is 13.6. The highest BCUT2D eigenvalue weighted by Crippen LogP contribution is 2.22. The number of amides is 3. The maximum Gasteiger partial charge on any atom is 0.254 e. The number of halogens is 2. The second kappa shape index (κ2) is 7.80. The van der Waals surface area contributed by atoms with E-state index in [0.29, 0.717) is 19.2 Å². The summed E-state index contributed by atoms with van der Waals surface area (Å²) < 4.78 is 26.5. The molecular formula is C18H21F2N3O3. The number of benzene rings is 1. The van der Waals surface area contributed by atoms with Gasteiger partial charge in [0.25, 0.3) is 5.91 Å². The van der Waals surface area contributed by atoms with Gasteiger partial charge in [-0.1, -0.05) is 0 Å². The summed E-state index contributed by atoms with van der Waals surface area (Å²) >= 11 is 0. The van der Waals surface area contributed by atoms with E-state index in [-0.39, 0.29) is 35.9 Å². The first kappa shape index (κ1) is 18.3. The van der Waals surface area contributed by atoms with Gasteiger partial charge in [0.05, 0.1) is 18.0 Å². The molecule has 2 N–H and O–H groups in total. The summed E-state index contributed by atoms with van der Waals surface area (Å²) in [6, 6.07) is 2.90. The Kier molecular flexibility index (Phi) is 5.49. The Labute approximate surface area is 149 Å². The molecule has 0 bridgehead atoms. The first-order valence-corrected chi connectivity index (χ1v) is 8.75. The fourth-order valence-corrected chi connectivity index (χ4v) is 3.00. The topological polar surface area (TPSA) is 78.5 Å². The minimum absolute atomic E-state index is 0.0255. The summed E-state index contributed by atoms with van der Waals surface area (Å²) in [6.45, 7) is 0.539. The van der Waals surface area contributed by atoms with Crippen LogP contribution >= 0.6 is 0 Å². The van der Waals surface area contributed by atoms with E-state index in [9.17, 15) is 23.2 Å². The van der Waals surface area contributed by atoms with Crippen LogP contribution in [0.3, 0.4) is 0 Å². The molecule has 1 saturated carbocycles. The molecule has 26 heavy (non-hydrogen) atoms. The molecule has 0 aromatic heterocycles. The number of likely N-dealkylation sites (tertiary alicyclic amines) is 1. The summed E-state index contributed by atoms with van der Waals surface area (Å²) in [4.78, 5) is 37.9. The number of carbonyl (C=O) groups excluding carboxylic acids is 3. The Bertz CT molecular complexity index is 722. The van der Waals surface area contributed by atoms with Crippen molar-refractivity contribution >= 4 is 17.7 Å². The number of carbonyl (C=O) groups is 3. The first-order chi connectivity index (χ1) is 12.4. The lowest BCUT2D eigenvalue weighted by Crippen LogP contribution is -2.48. The fourth-order valence-electron chi connectivity index (χ4n) is 3.00. The average Bonchev–Trinajstić information content (AvgIpc) is 3.43. The smallest absolute Gasteiger partial charge is 0.254 e. The van der Waals surface area contributed by atoms with Crippen molar-refractivity contribution in [2.24, 2.45) is 5.92 Å². The van der Waals surface area contributed by atoms with Crippen molar-refractivity contribution in [3.8, 4) is 0 Å². The molecule has 6 nitrogen and oxygen atoms in total. The van der Waals surface area contributed by atoms with Crippen LogP contribution in [0.25, 0.3) is 0 Å². The van der Waals surface area contributed by atoms with E-state index in [0.717, 1.165) is 37.8 Å². The SMILES string of the molecule is O=C(NCC(=O)N1CCCC(C(=O)NC2CC2)C1)c1ccc(F)cc1F. The van der Waals surface area contributed by atoms with Gasteiger partial charge in [-0.25, -0.2) is 8.78 Å². The summed E-state index contributed by atoms with van der Waals surface area (Å²) in [5, 5.41) is 5.30. The Morgan fingerprint density at radius 2 is 1.92 bits per heavy atom. The third kappa shape index (κ3) is 4.56. The van der Waals surface area contributed by atoms with Crippen LogP contribution in [0.4, 0.5) is 8.78 Å². The molecule has 3 rings (SSSR count). The zero-order valence-electron chi connectivity index (χ0n) is 14.3. The molecule has 0 radical (unpaired) electrons. The quantitative estimate of drug-likeness (QED) is 0.823. The van der Waals surface area contributed by atoms with E-state index in [4.69, 9.17) is 0 Å². The molecule has 2 aliphatic rings. The first-order valence-electron chi connectivity index (χ1n) is 8.75. The molecule has 1 aliphatic carbocycles. The molecule has 2 fully saturated rings. The van der Waals surface area contributed by atoms with E-state index in [2.05, 4.69) is 10.6 Å². The van der Waals surface area contributed by atoms with Crippen molar-refractivity contribution in [3.05, 3.63) is 35.4 Å². The molecule has 3 amide bonds. The monoisotopic (exact) mass is 365 g/mol. The molecule has 1 aromatic carbocycles. The predicted octanol–water partition coefficient (Wildman–Crippen LogP) is 1.21. The van der Waals surface area contributed by atoms with Crippen molar-refractivity contribution in [1.82, 2.24) is 15.5 Å². The van der Waals surface area contributed by atoms with Crippen LogP contribution < -0.4 is 10.6 Å². The van der Waals surface area contributed by atoms with Crippen molar-refractivity contribution in [3.63, 3.8) is 0 Å². The van der Waals surface area contributed by atoms with Crippen LogP contribution in [-0.4, -0.2) is 48.3 Å². The van der Waals surface area contributed by atoms with Gasteiger partial charge in [-0.15, -0.1) is 0 Å². The van der Waals surface area contributed by atoms with Crippen LogP contribution in [0.2, 0.25) is 0 Å². The van der Waals surface area contributed by atoms with Crippen molar-refractivity contribution in [1.29, 1.82) is 0 Å². The van der Waals surface area contributed by atoms with Gasteiger partial charge < -0.3 is 15.5 Å². The Hall–Kier alpha value is -2.51. The number of hydrogen-bond acceptors (Lipinski definition) is 3. The minimum Gasteiger partial charge on any atom is -0.353 e. The molecule has 1 aromatic rings. The summed E-state index contributed by atoms with van der Waals surface area (Å²) in [6.07, 6.45) is 3.46. The van der Waals surface area contributed by atoms with Crippen LogP contribution in [0.1, 0.15) is 36.0 Å².